The van der Waals surface area contributed by atoms with Crippen molar-refractivity contribution in [2.24, 2.45) is 11.5 Å². The van der Waals surface area contributed by atoms with Crippen LogP contribution in [-0.2, 0) is 12.8 Å². The average molecular weight is 226 g/mol. The van der Waals surface area contributed by atoms with E-state index in [-0.39, 0.29) is 0 Å². The third-order valence-corrected chi connectivity index (χ3v) is 3.68. The van der Waals surface area contributed by atoms with Gasteiger partial charge in [0.25, 0.3) is 0 Å². The standard InChI is InChI=1S/C12H22N2S/c13-9-3-1-5-11-7-8-12(15-11)6-2-4-10-14/h7-8H,1-6,9-10,13-14H2. The lowest BCUT2D eigenvalue weighted by Crippen LogP contribution is -1.98. The highest BCUT2D eigenvalue weighted by Crippen LogP contribution is 2.20. The zero-order valence-corrected chi connectivity index (χ0v) is 10.2. The Hall–Kier alpha value is -0.380. The van der Waals surface area contributed by atoms with Crippen molar-refractivity contribution in [3.05, 3.63) is 21.9 Å². The quantitative estimate of drug-likeness (QED) is 0.668. The molecule has 0 aliphatic carbocycles. The molecule has 1 aromatic heterocycles. The fourth-order valence-corrected chi connectivity index (χ4v) is 2.68. The molecule has 0 aliphatic heterocycles. The van der Waals surface area contributed by atoms with Gasteiger partial charge in [0.05, 0.1) is 0 Å². The van der Waals surface area contributed by atoms with Gasteiger partial charge in [-0.3, -0.25) is 0 Å². The van der Waals surface area contributed by atoms with E-state index in [1.54, 1.807) is 0 Å². The number of rotatable bonds is 8. The Balaban J connectivity index is 2.23. The van der Waals surface area contributed by atoms with Crippen molar-refractivity contribution in [1.82, 2.24) is 0 Å². The predicted molar refractivity (Wildman–Crippen MR) is 68.3 cm³/mol. The van der Waals surface area contributed by atoms with E-state index in [4.69, 9.17) is 11.5 Å². The van der Waals surface area contributed by atoms with Crippen LogP contribution in [0.25, 0.3) is 0 Å². The van der Waals surface area contributed by atoms with Gasteiger partial charge in [-0.15, -0.1) is 11.3 Å². The van der Waals surface area contributed by atoms with E-state index in [0.29, 0.717) is 0 Å². The molecule has 15 heavy (non-hydrogen) atoms. The Kier molecular flexibility index (Phi) is 6.64. The summed E-state index contributed by atoms with van der Waals surface area (Å²) in [7, 11) is 0. The van der Waals surface area contributed by atoms with E-state index in [1.165, 1.54) is 35.4 Å². The molecule has 86 valence electrons. The summed E-state index contributed by atoms with van der Waals surface area (Å²) in [5, 5.41) is 0. The molecule has 0 fully saturated rings. The van der Waals surface area contributed by atoms with Crippen LogP contribution in [0, 0.1) is 0 Å². The highest BCUT2D eigenvalue weighted by Gasteiger charge is 1.99. The molecule has 0 amide bonds. The molecule has 1 aromatic rings. The van der Waals surface area contributed by atoms with Crippen molar-refractivity contribution >= 4 is 11.3 Å². The van der Waals surface area contributed by atoms with Gasteiger partial charge < -0.3 is 11.5 Å². The van der Waals surface area contributed by atoms with Crippen molar-refractivity contribution in [2.75, 3.05) is 13.1 Å². The topological polar surface area (TPSA) is 52.0 Å². The molecule has 0 bridgehead atoms. The second-order valence-corrected chi connectivity index (χ2v) is 5.11. The molecule has 0 radical (unpaired) electrons. The number of thiophene rings is 1. The summed E-state index contributed by atoms with van der Waals surface area (Å²) in [4.78, 5) is 3.01. The zero-order valence-electron chi connectivity index (χ0n) is 9.37. The maximum Gasteiger partial charge on any atom is 0.00481 e. The van der Waals surface area contributed by atoms with Crippen molar-refractivity contribution < 1.29 is 0 Å². The van der Waals surface area contributed by atoms with Gasteiger partial charge >= 0.3 is 0 Å². The summed E-state index contributed by atoms with van der Waals surface area (Å²) < 4.78 is 0. The van der Waals surface area contributed by atoms with Gasteiger partial charge in [-0.1, -0.05) is 0 Å². The summed E-state index contributed by atoms with van der Waals surface area (Å²) in [6, 6.07) is 4.53. The fourth-order valence-electron chi connectivity index (χ4n) is 1.58. The molecule has 3 heteroatoms. The third kappa shape index (κ3) is 5.30. The van der Waals surface area contributed by atoms with Crippen molar-refractivity contribution in [2.45, 2.75) is 38.5 Å². The first-order valence-electron chi connectivity index (χ1n) is 5.84. The van der Waals surface area contributed by atoms with Crippen LogP contribution in [0.15, 0.2) is 12.1 Å². The Labute approximate surface area is 96.7 Å². The first-order valence-corrected chi connectivity index (χ1v) is 6.66. The molecule has 0 aliphatic rings. The Morgan fingerprint density at radius 3 is 1.67 bits per heavy atom. The lowest BCUT2D eigenvalue weighted by atomic mass is 10.2. The van der Waals surface area contributed by atoms with Gasteiger partial charge in [0, 0.05) is 9.75 Å². The molecule has 0 saturated carbocycles. The molecular formula is C12H22N2S. The van der Waals surface area contributed by atoms with Crippen LogP contribution >= 0.6 is 11.3 Å². The van der Waals surface area contributed by atoms with E-state index >= 15 is 0 Å². The van der Waals surface area contributed by atoms with Gasteiger partial charge in [-0.2, -0.15) is 0 Å². The lowest BCUT2D eigenvalue weighted by molar-refractivity contribution is 0.750. The summed E-state index contributed by atoms with van der Waals surface area (Å²) >= 11 is 1.95. The van der Waals surface area contributed by atoms with E-state index < -0.39 is 0 Å². The molecule has 0 saturated heterocycles. The van der Waals surface area contributed by atoms with Gasteiger partial charge in [0.2, 0.25) is 0 Å². The summed E-state index contributed by atoms with van der Waals surface area (Å²) in [6.07, 6.45) is 7.11. The van der Waals surface area contributed by atoms with Crippen LogP contribution in [-0.4, -0.2) is 13.1 Å². The highest BCUT2D eigenvalue weighted by molar-refractivity contribution is 7.11. The summed E-state index contributed by atoms with van der Waals surface area (Å²) in [5.74, 6) is 0. The lowest BCUT2D eigenvalue weighted by Gasteiger charge is -1.96. The number of unbranched alkanes of at least 4 members (excludes halogenated alkanes) is 2. The van der Waals surface area contributed by atoms with E-state index in [0.717, 1.165) is 25.9 Å². The summed E-state index contributed by atoms with van der Waals surface area (Å²) in [5.41, 5.74) is 10.9. The maximum absolute atomic E-state index is 5.47. The van der Waals surface area contributed by atoms with Gasteiger partial charge in [0.15, 0.2) is 0 Å². The molecule has 1 heterocycles. The molecular weight excluding hydrogens is 204 g/mol. The normalized spacial score (nSPS) is 10.8. The molecule has 4 N–H and O–H groups in total. The predicted octanol–water partition coefficient (Wildman–Crippen LogP) is 2.31. The molecule has 0 spiro atoms. The van der Waals surface area contributed by atoms with Crippen molar-refractivity contribution in [3.8, 4) is 0 Å². The maximum atomic E-state index is 5.47. The molecule has 0 aromatic carbocycles. The molecule has 0 atom stereocenters. The average Bonchev–Trinajstić information content (AvgIpc) is 2.67. The van der Waals surface area contributed by atoms with Crippen molar-refractivity contribution in [3.63, 3.8) is 0 Å². The SMILES string of the molecule is NCCCCc1ccc(CCCCN)s1. The van der Waals surface area contributed by atoms with Crippen LogP contribution in [0.1, 0.15) is 35.4 Å². The van der Waals surface area contributed by atoms with Crippen LogP contribution < -0.4 is 11.5 Å². The second-order valence-electron chi connectivity index (χ2n) is 3.86. The summed E-state index contributed by atoms with van der Waals surface area (Å²) in [6.45, 7) is 1.63. The van der Waals surface area contributed by atoms with Crippen LogP contribution in [0.2, 0.25) is 0 Å². The molecule has 2 nitrogen and oxygen atoms in total. The van der Waals surface area contributed by atoms with Crippen LogP contribution in [0.3, 0.4) is 0 Å². The van der Waals surface area contributed by atoms with Crippen LogP contribution in [0.4, 0.5) is 0 Å². The number of nitrogens with two attached hydrogens (primary N) is 2. The zero-order chi connectivity index (χ0) is 10.9. The van der Waals surface area contributed by atoms with E-state index in [2.05, 4.69) is 12.1 Å². The third-order valence-electron chi connectivity index (χ3n) is 2.47. The largest absolute Gasteiger partial charge is 0.330 e. The van der Waals surface area contributed by atoms with Crippen LogP contribution in [0.5, 0.6) is 0 Å². The highest BCUT2D eigenvalue weighted by atomic mass is 32.1. The number of hydrogen-bond donors (Lipinski definition) is 2. The molecule has 0 unspecified atom stereocenters. The second kappa shape index (κ2) is 7.85. The number of aryl methyl sites for hydroxylation is 2. The first-order chi connectivity index (χ1) is 7.36. The fraction of sp³-hybridized carbons (Fsp3) is 0.667. The van der Waals surface area contributed by atoms with Gasteiger partial charge in [0.1, 0.15) is 0 Å². The Morgan fingerprint density at radius 1 is 0.800 bits per heavy atom. The minimum Gasteiger partial charge on any atom is -0.330 e. The smallest absolute Gasteiger partial charge is 0.00481 e. The number of hydrogen-bond acceptors (Lipinski definition) is 3. The monoisotopic (exact) mass is 226 g/mol. The minimum absolute atomic E-state index is 0.814. The van der Waals surface area contributed by atoms with E-state index in [1.807, 2.05) is 11.3 Å². The minimum atomic E-state index is 0.814. The first kappa shape index (κ1) is 12.7. The van der Waals surface area contributed by atoms with Gasteiger partial charge in [-0.25, -0.2) is 0 Å². The molecule has 1 rings (SSSR count). The van der Waals surface area contributed by atoms with E-state index in [9.17, 15) is 0 Å². The Morgan fingerprint density at radius 2 is 1.27 bits per heavy atom. The van der Waals surface area contributed by atoms with Gasteiger partial charge in [-0.05, 0) is 63.7 Å². The Bertz CT molecular complexity index is 233. The van der Waals surface area contributed by atoms with Crippen molar-refractivity contribution in [1.29, 1.82) is 0 Å².